The SMILES string of the molecule is CCCN(CC(=O)Nc1ccc(F)c(F)c1F)C(=O)COc1ccc2c(c1)CCC(=O)N2. The number of carbonyl (C=O) groups excluding carboxylic acids is 3. The molecule has 2 N–H and O–H groups in total. The number of nitrogens with one attached hydrogen (secondary N) is 2. The van der Waals surface area contributed by atoms with E-state index in [0.29, 0.717) is 36.8 Å². The zero-order valence-electron chi connectivity index (χ0n) is 17.3. The van der Waals surface area contributed by atoms with Gasteiger partial charge in [0.25, 0.3) is 5.91 Å². The minimum atomic E-state index is -1.69. The first-order chi connectivity index (χ1) is 15.3. The maximum absolute atomic E-state index is 13.8. The van der Waals surface area contributed by atoms with E-state index in [9.17, 15) is 27.6 Å². The molecule has 0 spiro atoms. The lowest BCUT2D eigenvalue weighted by atomic mass is 10.0. The van der Waals surface area contributed by atoms with Crippen LogP contribution < -0.4 is 15.4 Å². The highest BCUT2D eigenvalue weighted by Gasteiger charge is 2.20. The first-order valence-electron chi connectivity index (χ1n) is 10.0. The van der Waals surface area contributed by atoms with Crippen LogP contribution in [-0.4, -0.2) is 42.3 Å². The molecule has 10 heteroatoms. The highest BCUT2D eigenvalue weighted by atomic mass is 19.2. The monoisotopic (exact) mass is 449 g/mol. The van der Waals surface area contributed by atoms with Crippen molar-refractivity contribution in [3.63, 3.8) is 0 Å². The van der Waals surface area contributed by atoms with Crippen molar-refractivity contribution in [2.75, 3.05) is 30.3 Å². The fourth-order valence-corrected chi connectivity index (χ4v) is 3.23. The topological polar surface area (TPSA) is 87.7 Å². The van der Waals surface area contributed by atoms with Gasteiger partial charge < -0.3 is 20.3 Å². The maximum Gasteiger partial charge on any atom is 0.260 e. The summed E-state index contributed by atoms with van der Waals surface area (Å²) in [6.45, 7) is 1.31. The molecule has 2 aromatic carbocycles. The number of nitrogens with zero attached hydrogens (tertiary/aromatic N) is 1. The van der Waals surface area contributed by atoms with E-state index in [1.807, 2.05) is 6.92 Å². The van der Waals surface area contributed by atoms with E-state index in [1.165, 1.54) is 4.90 Å². The van der Waals surface area contributed by atoms with Gasteiger partial charge >= 0.3 is 0 Å². The number of rotatable bonds is 8. The van der Waals surface area contributed by atoms with E-state index in [4.69, 9.17) is 4.74 Å². The molecule has 7 nitrogen and oxygen atoms in total. The highest BCUT2D eigenvalue weighted by Crippen LogP contribution is 2.27. The van der Waals surface area contributed by atoms with Crippen molar-refractivity contribution in [2.24, 2.45) is 0 Å². The molecule has 0 bridgehead atoms. The van der Waals surface area contributed by atoms with Crippen LogP contribution in [0.4, 0.5) is 24.5 Å². The quantitative estimate of drug-likeness (QED) is 0.606. The summed E-state index contributed by atoms with van der Waals surface area (Å²) in [6, 6.07) is 6.66. The van der Waals surface area contributed by atoms with Crippen molar-refractivity contribution < 1.29 is 32.3 Å². The molecule has 0 fully saturated rings. The van der Waals surface area contributed by atoms with Crippen LogP contribution >= 0.6 is 0 Å². The third-order valence-electron chi connectivity index (χ3n) is 4.82. The lowest BCUT2D eigenvalue weighted by molar-refractivity contribution is -0.136. The van der Waals surface area contributed by atoms with Crippen LogP contribution in [0.5, 0.6) is 5.75 Å². The summed E-state index contributed by atoms with van der Waals surface area (Å²) in [5, 5.41) is 4.90. The number of hydrogen-bond donors (Lipinski definition) is 2. The molecule has 0 atom stereocenters. The van der Waals surface area contributed by atoms with Gasteiger partial charge in [-0.15, -0.1) is 0 Å². The molecule has 2 aromatic rings. The number of fused-ring (bicyclic) bond motifs is 1. The van der Waals surface area contributed by atoms with Crippen LogP contribution in [0.1, 0.15) is 25.3 Å². The second-order valence-electron chi connectivity index (χ2n) is 7.24. The van der Waals surface area contributed by atoms with Crippen LogP contribution in [0.2, 0.25) is 0 Å². The summed E-state index contributed by atoms with van der Waals surface area (Å²) >= 11 is 0. The summed E-state index contributed by atoms with van der Waals surface area (Å²) < 4.78 is 45.7. The van der Waals surface area contributed by atoms with E-state index in [-0.39, 0.29) is 19.1 Å². The lowest BCUT2D eigenvalue weighted by Gasteiger charge is -2.22. The Labute approximate surface area is 182 Å². The van der Waals surface area contributed by atoms with Gasteiger partial charge in [0.05, 0.1) is 12.2 Å². The van der Waals surface area contributed by atoms with Gasteiger partial charge in [0, 0.05) is 18.7 Å². The normalized spacial score (nSPS) is 12.6. The maximum atomic E-state index is 13.8. The van der Waals surface area contributed by atoms with Crippen molar-refractivity contribution in [2.45, 2.75) is 26.2 Å². The predicted molar refractivity (Wildman–Crippen MR) is 111 cm³/mol. The third-order valence-corrected chi connectivity index (χ3v) is 4.82. The molecule has 0 radical (unpaired) electrons. The Morgan fingerprint density at radius 3 is 2.66 bits per heavy atom. The molecule has 0 unspecified atom stereocenters. The number of benzene rings is 2. The summed E-state index contributed by atoms with van der Waals surface area (Å²) in [7, 11) is 0. The Hall–Kier alpha value is -3.56. The van der Waals surface area contributed by atoms with E-state index in [0.717, 1.165) is 11.6 Å². The number of aryl methyl sites for hydroxylation is 1. The van der Waals surface area contributed by atoms with Crippen molar-refractivity contribution >= 4 is 29.1 Å². The second-order valence-corrected chi connectivity index (χ2v) is 7.24. The summed E-state index contributed by atoms with van der Waals surface area (Å²) in [5.74, 6) is -5.43. The number of amides is 3. The standard InChI is InChI=1S/C22H22F3N3O4/c1-2-9-28(11-19(30)27-17-7-5-15(23)21(24)22(17)25)20(31)12-32-14-4-6-16-13(10-14)3-8-18(29)26-16/h4-7,10H,2-3,8-9,11-12H2,1H3,(H,26,29)(H,27,30). The lowest BCUT2D eigenvalue weighted by Crippen LogP contribution is -2.41. The van der Waals surface area contributed by atoms with Crippen LogP contribution in [-0.2, 0) is 20.8 Å². The van der Waals surface area contributed by atoms with Gasteiger partial charge in [-0.05, 0) is 48.7 Å². The van der Waals surface area contributed by atoms with Crippen molar-refractivity contribution in [1.29, 1.82) is 0 Å². The minimum absolute atomic E-state index is 0.0573. The average Bonchev–Trinajstić information content (AvgIpc) is 2.77. The zero-order valence-corrected chi connectivity index (χ0v) is 17.3. The zero-order chi connectivity index (χ0) is 23.3. The third kappa shape index (κ3) is 5.57. The molecule has 3 rings (SSSR count). The summed E-state index contributed by atoms with van der Waals surface area (Å²) in [6.07, 6.45) is 1.49. The first-order valence-corrected chi connectivity index (χ1v) is 10.0. The van der Waals surface area contributed by atoms with Crippen molar-refractivity contribution in [3.8, 4) is 5.75 Å². The predicted octanol–water partition coefficient (Wildman–Crippen LogP) is 3.24. The van der Waals surface area contributed by atoms with E-state index < -0.39 is 41.5 Å². The van der Waals surface area contributed by atoms with Crippen LogP contribution in [0.3, 0.4) is 0 Å². The second kappa shape index (κ2) is 10.2. The van der Waals surface area contributed by atoms with Crippen LogP contribution in [0, 0.1) is 17.5 Å². The number of ether oxygens (including phenoxy) is 1. The van der Waals surface area contributed by atoms with Gasteiger partial charge in [-0.3, -0.25) is 14.4 Å². The molecule has 32 heavy (non-hydrogen) atoms. The molecule has 0 aliphatic carbocycles. The molecule has 3 amide bonds. The fourth-order valence-electron chi connectivity index (χ4n) is 3.23. The Morgan fingerprint density at radius 1 is 1.12 bits per heavy atom. The fraction of sp³-hybridized carbons (Fsp3) is 0.318. The van der Waals surface area contributed by atoms with Gasteiger partial charge in [-0.25, -0.2) is 13.2 Å². The Balaban J connectivity index is 1.59. The first kappa shape index (κ1) is 23.1. The van der Waals surface area contributed by atoms with E-state index in [2.05, 4.69) is 10.6 Å². The van der Waals surface area contributed by atoms with Gasteiger partial charge in [0.15, 0.2) is 24.1 Å². The van der Waals surface area contributed by atoms with Crippen LogP contribution in [0.15, 0.2) is 30.3 Å². The minimum Gasteiger partial charge on any atom is -0.484 e. The van der Waals surface area contributed by atoms with Gasteiger partial charge in [-0.1, -0.05) is 6.92 Å². The van der Waals surface area contributed by atoms with Gasteiger partial charge in [0.2, 0.25) is 11.8 Å². The molecule has 170 valence electrons. The van der Waals surface area contributed by atoms with Gasteiger partial charge in [0.1, 0.15) is 5.75 Å². The van der Waals surface area contributed by atoms with Crippen molar-refractivity contribution in [1.82, 2.24) is 4.90 Å². The molecule has 0 aromatic heterocycles. The molecule has 0 saturated heterocycles. The molecular weight excluding hydrogens is 427 g/mol. The molecule has 1 aliphatic rings. The Morgan fingerprint density at radius 2 is 1.91 bits per heavy atom. The number of halogens is 3. The van der Waals surface area contributed by atoms with Crippen molar-refractivity contribution in [3.05, 3.63) is 53.3 Å². The largest absolute Gasteiger partial charge is 0.484 e. The summed E-state index contributed by atoms with van der Waals surface area (Å²) in [5.41, 5.74) is 1.08. The summed E-state index contributed by atoms with van der Waals surface area (Å²) in [4.78, 5) is 37.5. The Bertz CT molecular complexity index is 1050. The average molecular weight is 449 g/mol. The molecule has 1 heterocycles. The number of carbonyl (C=O) groups is 3. The van der Waals surface area contributed by atoms with Gasteiger partial charge in [-0.2, -0.15) is 0 Å². The van der Waals surface area contributed by atoms with E-state index >= 15 is 0 Å². The molecule has 0 saturated carbocycles. The Kier molecular flexibility index (Phi) is 7.34. The highest BCUT2D eigenvalue weighted by molar-refractivity contribution is 5.95. The molecule has 1 aliphatic heterocycles. The number of hydrogen-bond acceptors (Lipinski definition) is 4. The number of anilines is 2. The van der Waals surface area contributed by atoms with Crippen LogP contribution in [0.25, 0.3) is 0 Å². The van der Waals surface area contributed by atoms with E-state index in [1.54, 1.807) is 18.2 Å². The smallest absolute Gasteiger partial charge is 0.260 e. The molecular formula is C22H22F3N3O4.